The third-order valence-corrected chi connectivity index (χ3v) is 13.1. The average Bonchev–Trinajstić information content (AvgIpc) is 3.80. The van der Waals surface area contributed by atoms with Gasteiger partial charge in [-0.1, -0.05) is 47.2 Å². The quantitative estimate of drug-likeness (QED) is 0.168. The Balaban J connectivity index is 1.16. The Morgan fingerprint density at radius 2 is 1.74 bits per heavy atom. The van der Waals surface area contributed by atoms with E-state index >= 15 is 0 Å². The van der Waals surface area contributed by atoms with Crippen molar-refractivity contribution in [2.45, 2.75) is 43.1 Å². The highest BCUT2D eigenvalue weighted by atomic mass is 35.5. The van der Waals surface area contributed by atoms with Crippen LogP contribution >= 0.6 is 34.7 Å². The molecule has 3 fully saturated rings. The third-order valence-electron chi connectivity index (χ3n) is 10.3. The summed E-state index contributed by atoms with van der Waals surface area (Å²) >= 11 is 9.48. The first-order chi connectivity index (χ1) is 22.7. The Morgan fingerprint density at radius 1 is 1.00 bits per heavy atom. The van der Waals surface area contributed by atoms with Gasteiger partial charge in [-0.05, 0) is 91.6 Å². The summed E-state index contributed by atoms with van der Waals surface area (Å²) in [6, 6.07) is 20.2. The van der Waals surface area contributed by atoms with Gasteiger partial charge in [0.15, 0.2) is 0 Å². The van der Waals surface area contributed by atoms with Crippen LogP contribution < -0.4 is 14.5 Å². The van der Waals surface area contributed by atoms with Crippen molar-refractivity contribution in [2.75, 3.05) is 11.5 Å². The van der Waals surface area contributed by atoms with E-state index in [1.54, 1.807) is 43.0 Å². The Labute approximate surface area is 284 Å². The van der Waals surface area contributed by atoms with Crippen molar-refractivity contribution >= 4 is 58.2 Å². The van der Waals surface area contributed by atoms with Crippen LogP contribution in [0.5, 0.6) is 5.75 Å². The number of carbonyl (C=O) groups is 3. The molecule has 1 aromatic heterocycles. The Morgan fingerprint density at radius 3 is 2.49 bits per heavy atom. The van der Waals surface area contributed by atoms with Crippen LogP contribution in [0, 0.1) is 36.5 Å². The molecule has 240 valence electrons. The lowest BCUT2D eigenvalue weighted by molar-refractivity contribution is -0.123. The number of H-pyrrole nitrogens is 1. The molecule has 7 atom stereocenters. The highest BCUT2D eigenvalue weighted by Gasteiger charge is 2.69. The van der Waals surface area contributed by atoms with Crippen molar-refractivity contribution in [2.24, 2.45) is 29.6 Å². The molecule has 1 N–H and O–H groups in total. The number of amides is 2. The number of anilines is 1. The number of hydrogen-bond acceptors (Lipinski definition) is 8. The Hall–Kier alpha value is -3.86. The van der Waals surface area contributed by atoms with E-state index in [1.807, 2.05) is 36.4 Å². The van der Waals surface area contributed by atoms with Crippen molar-refractivity contribution in [3.05, 3.63) is 109 Å². The number of fused-ring (bicyclic) bond motifs is 9. The van der Waals surface area contributed by atoms with E-state index in [4.69, 9.17) is 21.1 Å². The molecule has 11 heteroatoms. The number of hydrogen-bond donors (Lipinski definition) is 1. The standard InChI is InChI=1S/C36H31ClN2O6S2/c1-3-44-35(42)18-8-11-21(12-9-18)39-33(40)28-23-15-24(29(28)34(39)41)30-27(23)26(31-32(46-30)38-36(43)47-31)22-14-20(37)10-13-25(22)45-16-19-7-5-4-6-17(19)2/h4-14,23-24,26-30H,3,15-16H2,1-2H3,(H,38,43)/t23-,24-,26?,27?,28?,29?,30?/m1/s1. The molecule has 2 saturated carbocycles. The van der Waals surface area contributed by atoms with Crippen molar-refractivity contribution in [3.8, 4) is 5.75 Å². The van der Waals surface area contributed by atoms with Crippen molar-refractivity contribution in [1.82, 2.24) is 4.98 Å². The van der Waals surface area contributed by atoms with Crippen LogP contribution in [-0.4, -0.2) is 34.6 Å². The van der Waals surface area contributed by atoms with Gasteiger partial charge in [-0.25, -0.2) is 4.79 Å². The van der Waals surface area contributed by atoms with Crippen molar-refractivity contribution in [3.63, 3.8) is 0 Å². The number of imide groups is 1. The number of aromatic amines is 1. The van der Waals surface area contributed by atoms with E-state index in [-0.39, 0.29) is 52.2 Å². The fraction of sp³-hybridized carbons (Fsp3) is 0.333. The van der Waals surface area contributed by atoms with Crippen LogP contribution in [0.25, 0.3) is 0 Å². The number of thiazole rings is 1. The van der Waals surface area contributed by atoms with E-state index in [0.29, 0.717) is 28.6 Å². The molecule has 3 heterocycles. The molecule has 2 bridgehead atoms. The molecule has 2 amide bonds. The minimum absolute atomic E-state index is 0.00707. The molecule has 2 aliphatic carbocycles. The number of halogens is 1. The lowest BCUT2D eigenvalue weighted by atomic mass is 9.68. The minimum Gasteiger partial charge on any atom is -0.489 e. The molecule has 1 saturated heterocycles. The van der Waals surface area contributed by atoms with Crippen LogP contribution in [0.1, 0.15) is 51.2 Å². The maximum absolute atomic E-state index is 14.2. The lowest BCUT2D eigenvalue weighted by Crippen LogP contribution is -2.42. The smallest absolute Gasteiger partial charge is 0.338 e. The summed E-state index contributed by atoms with van der Waals surface area (Å²) < 4.78 is 11.6. The van der Waals surface area contributed by atoms with Gasteiger partial charge in [-0.2, -0.15) is 0 Å². The molecule has 5 unspecified atom stereocenters. The summed E-state index contributed by atoms with van der Waals surface area (Å²) in [6.07, 6.45) is 0.764. The summed E-state index contributed by atoms with van der Waals surface area (Å²) in [5, 5.41) is 1.41. The van der Waals surface area contributed by atoms with Crippen molar-refractivity contribution in [1.29, 1.82) is 0 Å². The number of aryl methyl sites for hydroxylation is 1. The summed E-state index contributed by atoms with van der Waals surface area (Å²) in [4.78, 5) is 58.4. The number of carbonyl (C=O) groups excluding carboxylic acids is 3. The van der Waals surface area contributed by atoms with Crippen LogP contribution in [0.15, 0.2) is 76.6 Å². The largest absolute Gasteiger partial charge is 0.489 e. The van der Waals surface area contributed by atoms with Crippen LogP contribution in [0.3, 0.4) is 0 Å². The maximum Gasteiger partial charge on any atom is 0.338 e. The number of rotatable bonds is 7. The van der Waals surface area contributed by atoms with Crippen LogP contribution in [-0.2, 0) is 20.9 Å². The van der Waals surface area contributed by atoms with Gasteiger partial charge in [0.05, 0.1) is 34.7 Å². The van der Waals surface area contributed by atoms with E-state index in [0.717, 1.165) is 33.0 Å². The van der Waals surface area contributed by atoms with Gasteiger partial charge < -0.3 is 14.5 Å². The second-order valence-electron chi connectivity index (χ2n) is 12.6. The number of nitrogens with zero attached hydrogens (tertiary/aromatic N) is 1. The Kier molecular flexibility index (Phi) is 7.57. The number of ether oxygens (including phenoxy) is 2. The zero-order chi connectivity index (χ0) is 32.6. The highest BCUT2D eigenvalue weighted by Crippen LogP contribution is 2.69. The molecule has 8 nitrogen and oxygen atoms in total. The molecule has 8 rings (SSSR count). The SMILES string of the molecule is CCOC(=O)c1ccc(N2C(=O)C3C(C2=O)[C@@H]2C[C@H]3C3Sc4[nH]c(=O)sc4C(c4cc(Cl)ccc4OCc4ccccc4C)C32)cc1. The minimum atomic E-state index is -0.464. The molecule has 4 aliphatic rings. The molecule has 3 aromatic carbocycles. The van der Waals surface area contributed by atoms with Gasteiger partial charge >= 0.3 is 10.8 Å². The monoisotopic (exact) mass is 686 g/mol. The molecular weight excluding hydrogens is 656 g/mol. The Bertz CT molecular complexity index is 1990. The average molecular weight is 687 g/mol. The molecule has 0 spiro atoms. The van der Waals surface area contributed by atoms with Gasteiger partial charge in [0.25, 0.3) is 0 Å². The third kappa shape index (κ3) is 4.86. The lowest BCUT2D eigenvalue weighted by Gasteiger charge is -2.43. The van der Waals surface area contributed by atoms with Gasteiger partial charge in [0, 0.05) is 26.6 Å². The summed E-state index contributed by atoms with van der Waals surface area (Å²) in [5.41, 5.74) is 3.92. The van der Waals surface area contributed by atoms with Crippen LogP contribution in [0.2, 0.25) is 5.02 Å². The van der Waals surface area contributed by atoms with E-state index in [9.17, 15) is 19.2 Å². The molecule has 47 heavy (non-hydrogen) atoms. The predicted molar refractivity (Wildman–Crippen MR) is 180 cm³/mol. The number of aromatic nitrogens is 1. The zero-order valence-corrected chi connectivity index (χ0v) is 28.0. The fourth-order valence-electron chi connectivity index (χ4n) is 8.40. The first kappa shape index (κ1) is 30.5. The van der Waals surface area contributed by atoms with Gasteiger partial charge in [-0.15, -0.1) is 11.8 Å². The maximum atomic E-state index is 14.2. The summed E-state index contributed by atoms with van der Waals surface area (Å²) in [7, 11) is 0. The molecule has 2 aliphatic heterocycles. The molecule has 4 aromatic rings. The topological polar surface area (TPSA) is 106 Å². The fourth-order valence-corrected chi connectivity index (χ4v) is 11.5. The van der Waals surface area contributed by atoms with Crippen LogP contribution in [0.4, 0.5) is 5.69 Å². The summed E-state index contributed by atoms with van der Waals surface area (Å²) in [6.45, 7) is 4.43. The second-order valence-corrected chi connectivity index (χ2v) is 15.3. The number of nitrogens with one attached hydrogen (secondary N) is 1. The van der Waals surface area contributed by atoms with E-state index < -0.39 is 17.8 Å². The number of esters is 1. The highest BCUT2D eigenvalue weighted by molar-refractivity contribution is 8.00. The zero-order valence-electron chi connectivity index (χ0n) is 25.6. The van der Waals surface area contributed by atoms with E-state index in [1.165, 1.54) is 16.2 Å². The van der Waals surface area contributed by atoms with Gasteiger partial charge in [-0.3, -0.25) is 19.3 Å². The van der Waals surface area contributed by atoms with Gasteiger partial charge in [0.1, 0.15) is 12.4 Å². The van der Waals surface area contributed by atoms with Gasteiger partial charge in [0.2, 0.25) is 11.8 Å². The second kappa shape index (κ2) is 11.7. The van der Waals surface area contributed by atoms with Crippen molar-refractivity contribution < 1.29 is 23.9 Å². The number of benzene rings is 3. The normalized spacial score (nSPS) is 27.0. The molecular formula is C36H31ClN2O6S2. The predicted octanol–water partition coefficient (Wildman–Crippen LogP) is 6.83. The number of thioether (sulfide) groups is 1. The first-order valence-electron chi connectivity index (χ1n) is 15.8. The van der Waals surface area contributed by atoms with E-state index in [2.05, 4.69) is 18.0 Å². The summed E-state index contributed by atoms with van der Waals surface area (Å²) in [5.74, 6) is -1.39. The molecule has 0 radical (unpaired) electrons. The first-order valence-corrected chi connectivity index (χ1v) is 17.8.